The predicted molar refractivity (Wildman–Crippen MR) is 118 cm³/mol. The lowest BCUT2D eigenvalue weighted by molar-refractivity contribution is 0.626. The first-order valence-electron chi connectivity index (χ1n) is 10.2. The Balaban J connectivity index is 1.61. The summed E-state index contributed by atoms with van der Waals surface area (Å²) in [6, 6.07) is 24.0. The van der Waals surface area contributed by atoms with Crippen LogP contribution >= 0.6 is 0 Å². The Bertz CT molecular complexity index is 1130. The lowest BCUT2D eigenvalue weighted by Gasteiger charge is -2.09. The number of hydrogen-bond donors (Lipinski definition) is 0. The van der Waals surface area contributed by atoms with Crippen molar-refractivity contribution in [3.63, 3.8) is 0 Å². The van der Waals surface area contributed by atoms with Crippen molar-refractivity contribution in [3.8, 4) is 22.3 Å². The molecule has 2 heteroatoms. The van der Waals surface area contributed by atoms with Gasteiger partial charge in [0.1, 0.15) is 11.6 Å². The molecule has 0 N–H and O–H groups in total. The monoisotopic (exact) mass is 386 g/mol. The standard InChI is InChI=1S/C27H24F2/c1-2-3-4-5-19-6-7-22-17-23(9-8-21(22)16-19)24-12-15-26(27(29)18-24)20-10-13-25(28)14-11-20/h6-18H,2-5H2,1H3. The van der Waals surface area contributed by atoms with E-state index in [-0.39, 0.29) is 11.6 Å². The van der Waals surface area contributed by atoms with Gasteiger partial charge >= 0.3 is 0 Å². The highest BCUT2D eigenvalue weighted by Gasteiger charge is 2.08. The Morgan fingerprint density at radius 2 is 1.28 bits per heavy atom. The van der Waals surface area contributed by atoms with E-state index in [1.54, 1.807) is 24.3 Å². The van der Waals surface area contributed by atoms with Crippen molar-refractivity contribution < 1.29 is 8.78 Å². The summed E-state index contributed by atoms with van der Waals surface area (Å²) in [7, 11) is 0. The van der Waals surface area contributed by atoms with Crippen LogP contribution in [0.1, 0.15) is 31.7 Å². The smallest absolute Gasteiger partial charge is 0.131 e. The molecule has 0 saturated heterocycles. The second-order valence-electron chi connectivity index (χ2n) is 7.55. The lowest BCUT2D eigenvalue weighted by Crippen LogP contribution is -1.88. The van der Waals surface area contributed by atoms with Crippen molar-refractivity contribution >= 4 is 10.8 Å². The summed E-state index contributed by atoms with van der Waals surface area (Å²) in [6.45, 7) is 2.22. The van der Waals surface area contributed by atoms with E-state index in [9.17, 15) is 8.78 Å². The van der Waals surface area contributed by atoms with Gasteiger partial charge in [0.15, 0.2) is 0 Å². The second-order valence-corrected chi connectivity index (χ2v) is 7.55. The fraction of sp³-hybridized carbons (Fsp3) is 0.185. The van der Waals surface area contributed by atoms with Gasteiger partial charge in [-0.2, -0.15) is 0 Å². The van der Waals surface area contributed by atoms with Crippen molar-refractivity contribution in [2.75, 3.05) is 0 Å². The molecule has 0 aliphatic rings. The Morgan fingerprint density at radius 3 is 2.03 bits per heavy atom. The van der Waals surface area contributed by atoms with Gasteiger partial charge in [-0.05, 0) is 70.1 Å². The van der Waals surface area contributed by atoms with Crippen LogP contribution in [0.2, 0.25) is 0 Å². The van der Waals surface area contributed by atoms with Gasteiger partial charge in [-0.3, -0.25) is 0 Å². The molecule has 0 aromatic heterocycles. The van der Waals surface area contributed by atoms with Crippen molar-refractivity contribution in [2.45, 2.75) is 32.6 Å². The van der Waals surface area contributed by atoms with Gasteiger partial charge in [-0.25, -0.2) is 8.78 Å². The number of benzene rings is 4. The highest BCUT2D eigenvalue weighted by molar-refractivity contribution is 5.88. The molecule has 4 aromatic rings. The Morgan fingerprint density at radius 1 is 0.621 bits per heavy atom. The quantitative estimate of drug-likeness (QED) is 0.293. The van der Waals surface area contributed by atoms with Crippen molar-refractivity contribution in [2.24, 2.45) is 0 Å². The second kappa shape index (κ2) is 8.57. The highest BCUT2D eigenvalue weighted by Crippen LogP contribution is 2.30. The maximum absolute atomic E-state index is 14.7. The lowest BCUT2D eigenvalue weighted by atomic mass is 9.96. The molecule has 0 bridgehead atoms. The van der Waals surface area contributed by atoms with E-state index in [0.717, 1.165) is 22.9 Å². The predicted octanol–water partition coefficient (Wildman–Crippen LogP) is 8.18. The molecule has 0 radical (unpaired) electrons. The molecule has 0 atom stereocenters. The molecule has 4 aromatic carbocycles. The summed E-state index contributed by atoms with van der Waals surface area (Å²) >= 11 is 0. The SMILES string of the molecule is CCCCCc1ccc2cc(-c3ccc(-c4ccc(F)cc4)c(F)c3)ccc2c1. The Kier molecular flexibility index (Phi) is 5.71. The molecule has 0 amide bonds. The minimum atomic E-state index is -0.324. The zero-order valence-corrected chi connectivity index (χ0v) is 16.6. The van der Waals surface area contributed by atoms with Gasteiger partial charge < -0.3 is 0 Å². The summed E-state index contributed by atoms with van der Waals surface area (Å²) in [5.41, 5.74) is 4.34. The first-order chi connectivity index (χ1) is 14.1. The van der Waals surface area contributed by atoms with Gasteiger partial charge in [0.25, 0.3) is 0 Å². The fourth-order valence-corrected chi connectivity index (χ4v) is 3.77. The van der Waals surface area contributed by atoms with Crippen LogP contribution in [0.3, 0.4) is 0 Å². The molecule has 0 unspecified atom stereocenters. The van der Waals surface area contributed by atoms with Crippen LogP contribution in [0.4, 0.5) is 8.78 Å². The fourth-order valence-electron chi connectivity index (χ4n) is 3.77. The van der Waals surface area contributed by atoms with Gasteiger partial charge in [-0.15, -0.1) is 0 Å². The maximum Gasteiger partial charge on any atom is 0.131 e. The van der Waals surface area contributed by atoms with Crippen molar-refractivity contribution in [1.29, 1.82) is 0 Å². The normalized spacial score (nSPS) is 11.1. The molecule has 0 nitrogen and oxygen atoms in total. The van der Waals surface area contributed by atoms with Crippen molar-refractivity contribution in [1.82, 2.24) is 0 Å². The molecule has 0 saturated carbocycles. The Labute approximate surface area is 170 Å². The summed E-state index contributed by atoms with van der Waals surface area (Å²) < 4.78 is 27.9. The molecule has 0 heterocycles. The van der Waals surface area contributed by atoms with E-state index >= 15 is 0 Å². The zero-order valence-electron chi connectivity index (χ0n) is 16.6. The molecule has 146 valence electrons. The average Bonchev–Trinajstić information content (AvgIpc) is 2.74. The molecule has 0 aliphatic heterocycles. The minimum absolute atomic E-state index is 0.305. The number of hydrogen-bond acceptors (Lipinski definition) is 0. The van der Waals surface area contributed by atoms with Gasteiger partial charge in [0, 0.05) is 5.56 Å². The number of halogens is 2. The topological polar surface area (TPSA) is 0 Å². The number of unbranched alkanes of at least 4 members (excludes halogenated alkanes) is 2. The van der Waals surface area contributed by atoms with E-state index in [1.165, 1.54) is 42.3 Å². The van der Waals surface area contributed by atoms with Gasteiger partial charge in [0.2, 0.25) is 0 Å². The molecular formula is C27H24F2. The summed E-state index contributed by atoms with van der Waals surface area (Å²) in [6.07, 6.45) is 4.82. The summed E-state index contributed by atoms with van der Waals surface area (Å²) in [5.74, 6) is -0.629. The third-order valence-electron chi connectivity index (χ3n) is 5.43. The molecule has 29 heavy (non-hydrogen) atoms. The minimum Gasteiger partial charge on any atom is -0.207 e. The highest BCUT2D eigenvalue weighted by atomic mass is 19.1. The van der Waals surface area contributed by atoms with E-state index < -0.39 is 0 Å². The van der Waals surface area contributed by atoms with Gasteiger partial charge in [0.05, 0.1) is 0 Å². The van der Waals surface area contributed by atoms with E-state index in [1.807, 2.05) is 12.1 Å². The Hall–Kier alpha value is -3.00. The molecule has 4 rings (SSSR count). The first-order valence-corrected chi connectivity index (χ1v) is 10.2. The maximum atomic E-state index is 14.7. The van der Waals surface area contributed by atoms with Crippen molar-refractivity contribution in [3.05, 3.63) is 96.1 Å². The number of rotatable bonds is 6. The van der Waals surface area contributed by atoms with Crippen LogP contribution in [0, 0.1) is 11.6 Å². The molecular weight excluding hydrogens is 362 g/mol. The molecule has 0 aliphatic carbocycles. The van der Waals surface area contributed by atoms with Crippen LogP contribution in [0.5, 0.6) is 0 Å². The van der Waals surface area contributed by atoms with Gasteiger partial charge in [-0.1, -0.05) is 74.4 Å². The van der Waals surface area contributed by atoms with Crippen LogP contribution in [0.15, 0.2) is 78.9 Å². The number of aryl methyl sites for hydroxylation is 1. The third-order valence-corrected chi connectivity index (χ3v) is 5.43. The molecule has 0 spiro atoms. The number of fused-ring (bicyclic) bond motifs is 1. The van der Waals surface area contributed by atoms with E-state index in [2.05, 4.69) is 37.3 Å². The van der Waals surface area contributed by atoms with Crippen LogP contribution < -0.4 is 0 Å². The summed E-state index contributed by atoms with van der Waals surface area (Å²) in [4.78, 5) is 0. The summed E-state index contributed by atoms with van der Waals surface area (Å²) in [5, 5.41) is 2.37. The largest absolute Gasteiger partial charge is 0.207 e. The average molecular weight is 386 g/mol. The first kappa shape index (κ1) is 19.3. The zero-order chi connectivity index (χ0) is 20.2. The van der Waals surface area contributed by atoms with E-state index in [4.69, 9.17) is 0 Å². The van der Waals surface area contributed by atoms with Crippen LogP contribution in [0.25, 0.3) is 33.0 Å². The molecule has 0 fully saturated rings. The van der Waals surface area contributed by atoms with Crippen LogP contribution in [-0.4, -0.2) is 0 Å². The van der Waals surface area contributed by atoms with Crippen LogP contribution in [-0.2, 0) is 6.42 Å². The third kappa shape index (κ3) is 4.37. The van der Waals surface area contributed by atoms with E-state index in [0.29, 0.717) is 11.1 Å².